The van der Waals surface area contributed by atoms with Crippen LogP contribution in [0, 0.1) is 0 Å². The predicted octanol–water partition coefficient (Wildman–Crippen LogP) is 13.6. The number of aliphatic hydroxyl groups excluding tert-OH is 8. The molecule has 0 aromatic carbocycles. The maximum Gasteiger partial charge on any atom is 0.220 e. The Morgan fingerprint density at radius 2 is 0.780 bits per heavy atom. The minimum atomic E-state index is -1.79. The molecule has 0 aromatic rings. The molecule has 12 atom stereocenters. The highest BCUT2D eigenvalue weighted by Gasteiger charge is 2.51. The molecule has 2 rings (SSSR count). The van der Waals surface area contributed by atoms with E-state index in [1.165, 1.54) is 244 Å². The van der Waals surface area contributed by atoms with Gasteiger partial charge in [0.1, 0.15) is 48.8 Å². The molecule has 2 saturated heterocycles. The van der Waals surface area contributed by atoms with Crippen molar-refractivity contribution in [3.05, 3.63) is 24.3 Å². The average molecular weight is 1170 g/mol. The summed E-state index contributed by atoms with van der Waals surface area (Å²) in [7, 11) is 0. The highest BCUT2D eigenvalue weighted by molar-refractivity contribution is 5.76. The third-order valence-electron chi connectivity index (χ3n) is 17.1. The number of rotatable bonds is 57. The van der Waals surface area contributed by atoms with Crippen LogP contribution >= 0.6 is 0 Å². The summed E-state index contributed by atoms with van der Waals surface area (Å²) >= 11 is 0. The van der Waals surface area contributed by atoms with Crippen molar-refractivity contribution in [2.45, 2.75) is 383 Å². The van der Waals surface area contributed by atoms with Gasteiger partial charge in [0.15, 0.2) is 12.6 Å². The van der Waals surface area contributed by atoms with Crippen molar-refractivity contribution in [2.75, 3.05) is 19.8 Å². The lowest BCUT2D eigenvalue weighted by atomic mass is 9.97. The monoisotopic (exact) mass is 1170 g/mol. The Morgan fingerprint density at radius 3 is 1.20 bits per heavy atom. The first-order valence-corrected chi connectivity index (χ1v) is 34.6. The van der Waals surface area contributed by atoms with Crippen LogP contribution in [0.15, 0.2) is 24.3 Å². The Kier molecular flexibility index (Phi) is 50.1. The van der Waals surface area contributed by atoms with E-state index < -0.39 is 86.8 Å². The van der Waals surface area contributed by atoms with E-state index in [4.69, 9.17) is 18.9 Å². The van der Waals surface area contributed by atoms with Crippen LogP contribution in [0.25, 0.3) is 0 Å². The van der Waals surface area contributed by atoms with E-state index in [2.05, 4.69) is 31.3 Å². The average Bonchev–Trinajstić information content (AvgIpc) is 3.67. The first kappa shape index (κ1) is 76.6. The van der Waals surface area contributed by atoms with E-state index in [0.717, 1.165) is 32.1 Å². The highest BCUT2D eigenvalue weighted by atomic mass is 16.7. The van der Waals surface area contributed by atoms with Gasteiger partial charge in [-0.15, -0.1) is 0 Å². The number of nitrogens with one attached hydrogen (secondary N) is 1. The van der Waals surface area contributed by atoms with Crippen LogP contribution in [0.1, 0.15) is 309 Å². The van der Waals surface area contributed by atoms with Gasteiger partial charge in [-0.25, -0.2) is 0 Å². The number of hydrogen-bond acceptors (Lipinski definition) is 13. The molecule has 12 unspecified atom stereocenters. The number of aliphatic hydroxyl groups is 8. The first-order valence-electron chi connectivity index (χ1n) is 34.6. The molecule has 0 aromatic heterocycles. The van der Waals surface area contributed by atoms with Crippen LogP contribution in [0.4, 0.5) is 0 Å². The molecule has 0 aliphatic carbocycles. The minimum absolute atomic E-state index is 0.242. The Labute approximate surface area is 500 Å². The fourth-order valence-electron chi connectivity index (χ4n) is 11.6. The topological polar surface area (TPSA) is 228 Å². The van der Waals surface area contributed by atoms with Gasteiger partial charge in [-0.2, -0.15) is 0 Å². The van der Waals surface area contributed by atoms with E-state index in [0.29, 0.717) is 12.8 Å². The van der Waals surface area contributed by atoms with E-state index in [9.17, 15) is 45.6 Å². The molecule has 0 spiro atoms. The second kappa shape index (κ2) is 53.7. The number of carbonyl (C=O) groups excluding carboxylic acids is 1. The van der Waals surface area contributed by atoms with Crippen LogP contribution in [-0.4, -0.2) is 140 Å². The number of carbonyl (C=O) groups is 1. The third-order valence-corrected chi connectivity index (χ3v) is 17.1. The summed E-state index contributed by atoms with van der Waals surface area (Å²) in [6.45, 7) is 2.83. The maximum absolute atomic E-state index is 13.3. The molecule has 2 aliphatic rings. The molecule has 0 bridgehead atoms. The second-order valence-corrected chi connectivity index (χ2v) is 24.7. The zero-order valence-electron chi connectivity index (χ0n) is 52.5. The van der Waals surface area contributed by atoms with E-state index in [1.807, 2.05) is 6.08 Å². The van der Waals surface area contributed by atoms with Gasteiger partial charge in [0, 0.05) is 6.42 Å². The molecule has 1 amide bonds. The Morgan fingerprint density at radius 1 is 0.427 bits per heavy atom. The fraction of sp³-hybridized carbons (Fsp3) is 0.926. The quantitative estimate of drug-likeness (QED) is 0.0204. The lowest BCUT2D eigenvalue weighted by Crippen LogP contribution is -2.65. The van der Waals surface area contributed by atoms with Gasteiger partial charge in [0.25, 0.3) is 0 Å². The van der Waals surface area contributed by atoms with Gasteiger partial charge in [-0.1, -0.05) is 295 Å². The summed E-state index contributed by atoms with van der Waals surface area (Å²) in [6, 6.07) is -0.929. The van der Waals surface area contributed by atoms with Gasteiger partial charge in [-0.05, 0) is 32.1 Å². The largest absolute Gasteiger partial charge is 0.394 e. The zero-order valence-corrected chi connectivity index (χ0v) is 52.5. The van der Waals surface area contributed by atoms with Crippen molar-refractivity contribution in [3.8, 4) is 0 Å². The van der Waals surface area contributed by atoms with Crippen molar-refractivity contribution in [2.24, 2.45) is 0 Å². The molecule has 9 N–H and O–H groups in total. The Balaban J connectivity index is 1.71. The summed E-state index contributed by atoms with van der Waals surface area (Å²) in [5.41, 5.74) is 0. The predicted molar refractivity (Wildman–Crippen MR) is 332 cm³/mol. The summed E-state index contributed by atoms with van der Waals surface area (Å²) in [5, 5.41) is 87.4. The molecule has 2 aliphatic heterocycles. The Bertz CT molecular complexity index is 1470. The van der Waals surface area contributed by atoms with Gasteiger partial charge in [-0.3, -0.25) is 4.79 Å². The van der Waals surface area contributed by atoms with E-state index >= 15 is 0 Å². The summed E-state index contributed by atoms with van der Waals surface area (Å²) in [5.74, 6) is -0.242. The lowest BCUT2D eigenvalue weighted by Gasteiger charge is -2.46. The maximum atomic E-state index is 13.3. The van der Waals surface area contributed by atoms with Crippen LogP contribution in [0.3, 0.4) is 0 Å². The molecule has 0 radical (unpaired) electrons. The molecule has 14 heteroatoms. The Hall–Kier alpha value is -1.53. The number of hydrogen-bond donors (Lipinski definition) is 9. The molecule has 0 saturated carbocycles. The van der Waals surface area contributed by atoms with Crippen molar-refractivity contribution in [1.29, 1.82) is 0 Å². The van der Waals surface area contributed by atoms with E-state index in [-0.39, 0.29) is 18.9 Å². The molecule has 82 heavy (non-hydrogen) atoms. The summed E-state index contributed by atoms with van der Waals surface area (Å²) < 4.78 is 22.8. The number of amides is 1. The molecule has 2 fully saturated rings. The van der Waals surface area contributed by atoms with E-state index in [1.54, 1.807) is 6.08 Å². The number of ether oxygens (including phenoxy) is 4. The minimum Gasteiger partial charge on any atom is -0.394 e. The first-order chi connectivity index (χ1) is 40.1. The van der Waals surface area contributed by atoms with Crippen LogP contribution in [-0.2, 0) is 23.7 Å². The van der Waals surface area contributed by atoms with Gasteiger partial charge < -0.3 is 65.1 Å². The summed E-state index contributed by atoms with van der Waals surface area (Å²) in [4.78, 5) is 13.3. The van der Waals surface area contributed by atoms with Crippen LogP contribution in [0.5, 0.6) is 0 Å². The van der Waals surface area contributed by atoms with Crippen molar-refractivity contribution >= 4 is 5.91 Å². The molecule has 484 valence electrons. The van der Waals surface area contributed by atoms with Gasteiger partial charge >= 0.3 is 0 Å². The molecular formula is C68H129NO13. The number of allylic oxidation sites excluding steroid dienone is 3. The van der Waals surface area contributed by atoms with Gasteiger partial charge in [0.2, 0.25) is 5.91 Å². The van der Waals surface area contributed by atoms with Crippen molar-refractivity contribution in [1.82, 2.24) is 5.32 Å². The fourth-order valence-corrected chi connectivity index (χ4v) is 11.6. The van der Waals surface area contributed by atoms with Crippen molar-refractivity contribution < 1.29 is 64.6 Å². The highest BCUT2D eigenvalue weighted by Crippen LogP contribution is 2.30. The van der Waals surface area contributed by atoms with Crippen molar-refractivity contribution in [3.63, 3.8) is 0 Å². The number of unbranched alkanes of at least 4 members (excludes halogenated alkanes) is 42. The molecular weight excluding hydrogens is 1040 g/mol. The molecule has 2 heterocycles. The summed E-state index contributed by atoms with van der Waals surface area (Å²) in [6.07, 6.45) is 49.5. The molecule has 14 nitrogen and oxygen atoms in total. The lowest BCUT2D eigenvalue weighted by molar-refractivity contribution is -0.359. The van der Waals surface area contributed by atoms with Gasteiger partial charge in [0.05, 0.1) is 32.0 Å². The third kappa shape index (κ3) is 37.9. The zero-order chi connectivity index (χ0) is 59.5. The standard InChI is InChI=1S/C68H129NO13/c1-3-5-7-9-11-13-15-17-19-21-23-25-26-27-28-29-30-32-33-35-37-39-41-43-45-47-49-51-57(72)56(55-79-67-65(78)63(76)66(59(54-71)81-67)82-68-64(77)62(75)61(74)58(53-70)80-68)69-60(73)52-50-48-46-44-42-40-38-36-34-31-24-22-20-18-16-14-12-10-8-6-4-2/h41,43,49,51,56-59,61-68,70-72,74-78H,3-40,42,44-48,50,52-55H2,1-2H3,(H,69,73)/b43-41+,51-49+. The SMILES string of the molecule is CCCCCCCCCCCCCCCCCCCCCCC/C=C/CC/C=C/C(O)C(COC1OC(CO)C(OC2OC(CO)C(O)C(O)C2O)C(O)C1O)NC(=O)CCCCCCCCCCCCCCCCCCCCCCC. The smallest absolute Gasteiger partial charge is 0.220 e. The normalized spacial score (nSPS) is 24.0. The second-order valence-electron chi connectivity index (χ2n) is 24.7. The van der Waals surface area contributed by atoms with Crippen LogP contribution in [0.2, 0.25) is 0 Å². The van der Waals surface area contributed by atoms with Crippen LogP contribution < -0.4 is 5.32 Å².